The first-order valence-corrected chi connectivity index (χ1v) is 7.57. The third-order valence-corrected chi connectivity index (χ3v) is 3.76. The van der Waals surface area contributed by atoms with Crippen LogP contribution < -0.4 is 19.7 Å². The topological polar surface area (TPSA) is 93.9 Å². The van der Waals surface area contributed by atoms with Gasteiger partial charge in [-0.3, -0.25) is 0 Å². The summed E-state index contributed by atoms with van der Waals surface area (Å²) in [6.45, 7) is 0.280. The van der Waals surface area contributed by atoms with Gasteiger partial charge in [-0.1, -0.05) is 24.3 Å². The van der Waals surface area contributed by atoms with Crippen LogP contribution in [0.3, 0.4) is 0 Å². The highest BCUT2D eigenvalue weighted by molar-refractivity contribution is 6.58. The number of fused-ring (bicyclic) bond motifs is 1. The first kappa shape index (κ1) is 17.0. The quantitative estimate of drug-likeness (QED) is 0.644. The van der Waals surface area contributed by atoms with Gasteiger partial charge < -0.3 is 24.3 Å². The van der Waals surface area contributed by atoms with Gasteiger partial charge in [-0.25, -0.2) is 9.97 Å². The van der Waals surface area contributed by atoms with E-state index in [0.29, 0.717) is 33.7 Å². The molecule has 0 aliphatic carbocycles. The van der Waals surface area contributed by atoms with E-state index in [1.165, 1.54) is 6.33 Å². The van der Waals surface area contributed by atoms with Gasteiger partial charge in [0.25, 0.3) is 0 Å². The summed E-state index contributed by atoms with van der Waals surface area (Å²) in [5, 5.41) is 18.9. The fourth-order valence-electron chi connectivity index (χ4n) is 2.41. The molecule has 1 aromatic heterocycles. The van der Waals surface area contributed by atoms with Gasteiger partial charge >= 0.3 is 7.12 Å². The molecule has 128 valence electrons. The number of rotatable bonds is 6. The second-order valence-electron chi connectivity index (χ2n) is 5.31. The molecule has 8 heteroatoms. The Hall–Kier alpha value is -2.84. The third-order valence-electron chi connectivity index (χ3n) is 3.76. The van der Waals surface area contributed by atoms with E-state index < -0.39 is 7.12 Å². The lowest BCUT2D eigenvalue weighted by Crippen LogP contribution is -2.29. The molecule has 1 heterocycles. The molecule has 0 unspecified atom stereocenters. The normalized spacial score (nSPS) is 10.6. The molecule has 0 fully saturated rings. The summed E-state index contributed by atoms with van der Waals surface area (Å²) in [5.74, 6) is 1.57. The van der Waals surface area contributed by atoms with Crippen molar-refractivity contribution in [2.75, 3.05) is 14.2 Å². The standard InChI is InChI=1S/C17H17BN2O5/c1-23-15-7-13-14(8-16(15)24-2)19-10-20-17(13)25-9-11-3-5-12(6-4-11)18(21)22/h3-8,10,21-22H,9H2,1-2H3. The van der Waals surface area contributed by atoms with Crippen molar-refractivity contribution < 1.29 is 24.3 Å². The molecule has 0 bridgehead atoms. The Kier molecular flexibility index (Phi) is 5.01. The highest BCUT2D eigenvalue weighted by atomic mass is 16.5. The van der Waals surface area contributed by atoms with Crippen LogP contribution >= 0.6 is 0 Å². The van der Waals surface area contributed by atoms with E-state index in [4.69, 9.17) is 24.3 Å². The number of ether oxygens (including phenoxy) is 3. The van der Waals surface area contributed by atoms with Gasteiger partial charge in [-0.15, -0.1) is 0 Å². The minimum Gasteiger partial charge on any atom is -0.493 e. The zero-order valence-corrected chi connectivity index (χ0v) is 13.8. The lowest BCUT2D eigenvalue weighted by Gasteiger charge is -2.11. The summed E-state index contributed by atoms with van der Waals surface area (Å²) in [6, 6.07) is 10.3. The van der Waals surface area contributed by atoms with Gasteiger partial charge in [0.1, 0.15) is 12.9 Å². The Morgan fingerprint density at radius 1 is 0.960 bits per heavy atom. The number of aromatic nitrogens is 2. The molecule has 2 N–H and O–H groups in total. The van der Waals surface area contributed by atoms with Gasteiger partial charge in [0, 0.05) is 6.07 Å². The van der Waals surface area contributed by atoms with Crippen molar-refractivity contribution in [2.45, 2.75) is 6.61 Å². The van der Waals surface area contributed by atoms with Crippen molar-refractivity contribution >= 4 is 23.5 Å². The maximum absolute atomic E-state index is 9.12. The highest BCUT2D eigenvalue weighted by Gasteiger charge is 2.13. The van der Waals surface area contributed by atoms with Gasteiger partial charge in [-0.2, -0.15) is 0 Å². The molecule has 3 rings (SSSR count). The minimum atomic E-state index is -1.48. The summed E-state index contributed by atoms with van der Waals surface area (Å²) < 4.78 is 16.4. The Morgan fingerprint density at radius 3 is 2.28 bits per heavy atom. The van der Waals surface area contributed by atoms with E-state index in [1.54, 1.807) is 50.6 Å². The van der Waals surface area contributed by atoms with Crippen LogP contribution in [0.5, 0.6) is 17.4 Å². The van der Waals surface area contributed by atoms with Gasteiger partial charge in [-0.05, 0) is 17.1 Å². The molecule has 0 atom stereocenters. The molecule has 0 radical (unpaired) electrons. The molecule has 0 aliphatic heterocycles. The van der Waals surface area contributed by atoms with E-state index in [9.17, 15) is 0 Å². The predicted molar refractivity (Wildman–Crippen MR) is 93.2 cm³/mol. The van der Waals surface area contributed by atoms with Crippen LogP contribution in [0.1, 0.15) is 5.56 Å². The maximum atomic E-state index is 9.12. The Balaban J connectivity index is 1.85. The molecule has 0 saturated heterocycles. The van der Waals surface area contributed by atoms with Gasteiger partial charge in [0.2, 0.25) is 5.88 Å². The van der Waals surface area contributed by atoms with Crippen LogP contribution in [0.2, 0.25) is 0 Å². The molecular weight excluding hydrogens is 323 g/mol. The van der Waals surface area contributed by atoms with Crippen molar-refractivity contribution in [1.29, 1.82) is 0 Å². The van der Waals surface area contributed by atoms with E-state index in [0.717, 1.165) is 5.56 Å². The average molecular weight is 340 g/mol. The van der Waals surface area contributed by atoms with Crippen LogP contribution in [0.25, 0.3) is 10.9 Å². The zero-order valence-electron chi connectivity index (χ0n) is 13.8. The number of nitrogens with zero attached hydrogens (tertiary/aromatic N) is 2. The average Bonchev–Trinajstić information content (AvgIpc) is 2.65. The fraction of sp³-hybridized carbons (Fsp3) is 0.176. The highest BCUT2D eigenvalue weighted by Crippen LogP contribution is 2.34. The first-order chi connectivity index (χ1) is 12.1. The minimum absolute atomic E-state index is 0.280. The van der Waals surface area contributed by atoms with E-state index in [-0.39, 0.29) is 6.61 Å². The lowest BCUT2D eigenvalue weighted by molar-refractivity contribution is 0.297. The van der Waals surface area contributed by atoms with Crippen molar-refractivity contribution in [3.8, 4) is 17.4 Å². The van der Waals surface area contributed by atoms with Crippen molar-refractivity contribution in [3.05, 3.63) is 48.3 Å². The largest absolute Gasteiger partial charge is 0.493 e. The number of benzene rings is 2. The Morgan fingerprint density at radius 2 is 1.64 bits per heavy atom. The number of methoxy groups -OCH3 is 2. The van der Waals surface area contributed by atoms with Crippen LogP contribution in [-0.4, -0.2) is 41.4 Å². The van der Waals surface area contributed by atoms with Gasteiger partial charge in [0.15, 0.2) is 11.5 Å². The summed E-state index contributed by atoms with van der Waals surface area (Å²) in [4.78, 5) is 8.42. The summed E-state index contributed by atoms with van der Waals surface area (Å²) >= 11 is 0. The summed E-state index contributed by atoms with van der Waals surface area (Å²) in [5.41, 5.74) is 1.98. The summed E-state index contributed by atoms with van der Waals surface area (Å²) in [7, 11) is 1.64. The molecule has 3 aromatic rings. The SMILES string of the molecule is COc1cc2ncnc(OCc3ccc(B(O)O)cc3)c2cc1OC. The lowest BCUT2D eigenvalue weighted by atomic mass is 9.80. The Bertz CT molecular complexity index is 871. The van der Waals surface area contributed by atoms with E-state index in [2.05, 4.69) is 9.97 Å². The molecule has 2 aromatic carbocycles. The van der Waals surface area contributed by atoms with Gasteiger partial charge in [0.05, 0.1) is 25.1 Å². The van der Waals surface area contributed by atoms with Crippen LogP contribution in [0, 0.1) is 0 Å². The molecule has 25 heavy (non-hydrogen) atoms. The second-order valence-corrected chi connectivity index (χ2v) is 5.31. The maximum Gasteiger partial charge on any atom is 0.488 e. The molecule has 0 amide bonds. The smallest absolute Gasteiger partial charge is 0.488 e. The monoisotopic (exact) mass is 340 g/mol. The molecule has 0 aliphatic rings. The Labute approximate surface area is 145 Å². The second kappa shape index (κ2) is 7.37. The predicted octanol–water partition coefficient (Wildman–Crippen LogP) is 0.906. The van der Waals surface area contributed by atoms with E-state index >= 15 is 0 Å². The first-order valence-electron chi connectivity index (χ1n) is 7.57. The number of hydrogen-bond acceptors (Lipinski definition) is 7. The number of hydrogen-bond donors (Lipinski definition) is 2. The van der Waals surface area contributed by atoms with Crippen LogP contribution in [0.15, 0.2) is 42.7 Å². The molecule has 0 saturated carbocycles. The van der Waals surface area contributed by atoms with Crippen molar-refractivity contribution in [3.63, 3.8) is 0 Å². The molecular formula is C17H17BN2O5. The zero-order chi connectivity index (χ0) is 17.8. The van der Waals surface area contributed by atoms with Crippen molar-refractivity contribution in [1.82, 2.24) is 9.97 Å². The third kappa shape index (κ3) is 3.65. The fourth-order valence-corrected chi connectivity index (χ4v) is 2.41. The molecule has 0 spiro atoms. The van der Waals surface area contributed by atoms with Crippen LogP contribution in [-0.2, 0) is 6.61 Å². The van der Waals surface area contributed by atoms with E-state index in [1.807, 2.05) is 0 Å². The summed E-state index contributed by atoms with van der Waals surface area (Å²) in [6.07, 6.45) is 1.43. The van der Waals surface area contributed by atoms with Crippen LogP contribution in [0.4, 0.5) is 0 Å². The molecule has 7 nitrogen and oxygen atoms in total. The van der Waals surface area contributed by atoms with Crippen molar-refractivity contribution in [2.24, 2.45) is 0 Å².